The van der Waals surface area contributed by atoms with Crippen molar-refractivity contribution in [2.45, 2.75) is 5.16 Å². The Balaban J connectivity index is 2.01. The van der Waals surface area contributed by atoms with Gasteiger partial charge in [-0.05, 0) is 34.7 Å². The monoisotopic (exact) mass is 402 g/mol. The van der Waals surface area contributed by atoms with Gasteiger partial charge >= 0.3 is 0 Å². The summed E-state index contributed by atoms with van der Waals surface area (Å²) in [6.45, 7) is 0. The van der Waals surface area contributed by atoms with Crippen LogP contribution >= 0.6 is 22.6 Å². The van der Waals surface area contributed by atoms with E-state index in [0.29, 0.717) is 5.69 Å². The molecule has 3 rings (SSSR count). The van der Waals surface area contributed by atoms with Gasteiger partial charge in [0.2, 0.25) is 0 Å². The molecular formula is C10H7IN6O2S. The molecule has 0 bridgehead atoms. The van der Waals surface area contributed by atoms with Crippen molar-refractivity contribution >= 4 is 44.1 Å². The van der Waals surface area contributed by atoms with Gasteiger partial charge in [-0.15, -0.1) is 5.10 Å². The first-order chi connectivity index (χ1) is 9.56. The molecule has 0 aliphatic heterocycles. The Morgan fingerprint density at radius 3 is 2.80 bits per heavy atom. The first kappa shape index (κ1) is 13.2. The predicted octanol–water partition coefficient (Wildman–Crippen LogP) is 0.925. The van der Waals surface area contributed by atoms with Crippen LogP contribution in [0.15, 0.2) is 42.1 Å². The highest BCUT2D eigenvalue weighted by Gasteiger charge is 2.21. The van der Waals surface area contributed by atoms with Gasteiger partial charge in [0.15, 0.2) is 0 Å². The number of para-hydroxylation sites is 1. The number of anilines is 1. The fraction of sp³-hybridized carbons (Fsp3) is 0. The molecule has 0 unspecified atom stereocenters. The number of aromatic nitrogens is 5. The molecule has 1 N–H and O–H groups in total. The number of sulfonamides is 1. The fourth-order valence-electron chi connectivity index (χ4n) is 1.49. The van der Waals surface area contributed by atoms with Gasteiger partial charge in [0.1, 0.15) is 12.7 Å². The third-order valence-corrected chi connectivity index (χ3v) is 4.45. The first-order valence-corrected chi connectivity index (χ1v) is 7.92. The van der Waals surface area contributed by atoms with Crippen LogP contribution in [-0.2, 0) is 10.0 Å². The van der Waals surface area contributed by atoms with Crippen molar-refractivity contribution in [1.29, 1.82) is 0 Å². The van der Waals surface area contributed by atoms with Crippen molar-refractivity contribution in [3.8, 4) is 0 Å². The summed E-state index contributed by atoms with van der Waals surface area (Å²) in [6, 6.07) is 7.01. The SMILES string of the molecule is O=S(=O)(Nc1ccccc1I)c1nc2ncncn2n1. The third-order valence-electron chi connectivity index (χ3n) is 2.37. The Morgan fingerprint density at radius 1 is 1.25 bits per heavy atom. The standard InChI is InChI=1S/C10H7IN6O2S/c11-7-3-1-2-4-8(7)16-20(18,19)10-14-9-13-5-12-6-17(9)15-10/h1-6,16H. The van der Waals surface area contributed by atoms with Crippen LogP contribution in [0.3, 0.4) is 0 Å². The zero-order valence-corrected chi connectivity index (χ0v) is 12.8. The lowest BCUT2D eigenvalue weighted by Crippen LogP contribution is -2.15. The van der Waals surface area contributed by atoms with E-state index in [9.17, 15) is 8.42 Å². The summed E-state index contributed by atoms with van der Waals surface area (Å²) >= 11 is 2.04. The molecule has 0 spiro atoms. The Hall–Kier alpha value is -1.82. The van der Waals surface area contributed by atoms with Crippen LogP contribution in [0.5, 0.6) is 0 Å². The van der Waals surface area contributed by atoms with E-state index < -0.39 is 10.0 Å². The molecule has 0 fully saturated rings. The number of rotatable bonds is 3. The molecule has 2 heterocycles. The lowest BCUT2D eigenvalue weighted by molar-refractivity contribution is 0.592. The smallest absolute Gasteiger partial charge is 0.276 e. The van der Waals surface area contributed by atoms with Crippen LogP contribution in [0.25, 0.3) is 5.78 Å². The molecule has 2 aromatic heterocycles. The maximum absolute atomic E-state index is 12.2. The minimum Gasteiger partial charge on any atom is -0.276 e. The molecule has 3 aromatic rings. The summed E-state index contributed by atoms with van der Waals surface area (Å²) in [5.74, 6) is 0.170. The van der Waals surface area contributed by atoms with Crippen molar-refractivity contribution in [3.05, 3.63) is 40.5 Å². The third kappa shape index (κ3) is 2.43. The van der Waals surface area contributed by atoms with Crippen molar-refractivity contribution in [2.24, 2.45) is 0 Å². The fourth-order valence-corrected chi connectivity index (χ4v) is 3.15. The van der Waals surface area contributed by atoms with Gasteiger partial charge in [0.05, 0.1) is 5.69 Å². The molecule has 0 saturated heterocycles. The number of nitrogens with one attached hydrogen (secondary N) is 1. The van der Waals surface area contributed by atoms with Gasteiger partial charge in [-0.1, -0.05) is 12.1 Å². The second-order valence-electron chi connectivity index (χ2n) is 3.73. The first-order valence-electron chi connectivity index (χ1n) is 5.36. The lowest BCUT2D eigenvalue weighted by Gasteiger charge is -2.06. The van der Waals surface area contributed by atoms with Crippen molar-refractivity contribution in [1.82, 2.24) is 24.6 Å². The number of fused-ring (bicyclic) bond motifs is 1. The van der Waals surface area contributed by atoms with Crippen LogP contribution in [0.4, 0.5) is 5.69 Å². The number of halogens is 1. The van der Waals surface area contributed by atoms with E-state index in [1.54, 1.807) is 18.2 Å². The molecule has 0 amide bonds. The number of nitrogens with zero attached hydrogens (tertiary/aromatic N) is 5. The molecule has 0 saturated carbocycles. The Kier molecular flexibility index (Phi) is 3.25. The van der Waals surface area contributed by atoms with Crippen LogP contribution in [0.2, 0.25) is 0 Å². The summed E-state index contributed by atoms with van der Waals surface area (Å²) < 4.78 is 28.9. The summed E-state index contributed by atoms with van der Waals surface area (Å²) in [4.78, 5) is 11.4. The van der Waals surface area contributed by atoms with E-state index in [2.05, 4.69) is 24.8 Å². The maximum Gasteiger partial charge on any atom is 0.299 e. The summed E-state index contributed by atoms with van der Waals surface area (Å²) in [7, 11) is -3.86. The summed E-state index contributed by atoms with van der Waals surface area (Å²) in [5.41, 5.74) is 0.470. The van der Waals surface area contributed by atoms with E-state index >= 15 is 0 Å². The number of benzene rings is 1. The van der Waals surface area contributed by atoms with Gasteiger partial charge < -0.3 is 0 Å². The zero-order valence-electron chi connectivity index (χ0n) is 9.80. The van der Waals surface area contributed by atoms with E-state index in [1.165, 1.54) is 17.2 Å². The van der Waals surface area contributed by atoms with Crippen molar-refractivity contribution < 1.29 is 8.42 Å². The predicted molar refractivity (Wildman–Crippen MR) is 78.5 cm³/mol. The summed E-state index contributed by atoms with van der Waals surface area (Å²) in [5, 5.41) is 3.49. The highest BCUT2D eigenvalue weighted by molar-refractivity contribution is 14.1. The van der Waals surface area contributed by atoms with Gasteiger partial charge in [-0.25, -0.2) is 4.98 Å². The van der Waals surface area contributed by atoms with Gasteiger partial charge in [0.25, 0.3) is 21.0 Å². The largest absolute Gasteiger partial charge is 0.299 e. The molecule has 102 valence electrons. The minimum absolute atomic E-state index is 0.170. The van der Waals surface area contributed by atoms with Crippen LogP contribution in [0, 0.1) is 3.57 Å². The molecule has 0 atom stereocenters. The maximum atomic E-state index is 12.2. The Morgan fingerprint density at radius 2 is 2.05 bits per heavy atom. The molecule has 0 aliphatic carbocycles. The van der Waals surface area contributed by atoms with Gasteiger partial charge in [-0.2, -0.15) is 22.9 Å². The average Bonchev–Trinajstić information content (AvgIpc) is 2.86. The average molecular weight is 402 g/mol. The van der Waals surface area contributed by atoms with E-state index in [-0.39, 0.29) is 10.9 Å². The molecule has 0 aliphatic rings. The van der Waals surface area contributed by atoms with E-state index in [0.717, 1.165) is 3.57 Å². The highest BCUT2D eigenvalue weighted by Crippen LogP contribution is 2.20. The Labute approximate surface area is 127 Å². The van der Waals surface area contributed by atoms with Crippen molar-refractivity contribution in [2.75, 3.05) is 4.72 Å². The minimum atomic E-state index is -3.86. The molecule has 0 radical (unpaired) electrons. The molecule has 8 nitrogen and oxygen atoms in total. The van der Waals surface area contributed by atoms with E-state index in [1.807, 2.05) is 28.7 Å². The molecule has 1 aromatic carbocycles. The van der Waals surface area contributed by atoms with Crippen LogP contribution in [0.1, 0.15) is 0 Å². The van der Waals surface area contributed by atoms with Crippen LogP contribution in [-0.4, -0.2) is 33.0 Å². The topological polar surface area (TPSA) is 102 Å². The molecule has 10 heteroatoms. The van der Waals surface area contributed by atoms with Crippen LogP contribution < -0.4 is 4.72 Å². The van der Waals surface area contributed by atoms with Crippen molar-refractivity contribution in [3.63, 3.8) is 0 Å². The zero-order chi connectivity index (χ0) is 14.2. The summed E-state index contributed by atoms with van der Waals surface area (Å²) in [6.07, 6.45) is 2.61. The normalized spacial score (nSPS) is 11.7. The second-order valence-corrected chi connectivity index (χ2v) is 6.47. The van der Waals surface area contributed by atoms with Gasteiger partial charge in [-0.3, -0.25) is 4.72 Å². The highest BCUT2D eigenvalue weighted by atomic mass is 127. The lowest BCUT2D eigenvalue weighted by atomic mass is 10.3. The molecule has 20 heavy (non-hydrogen) atoms. The number of hydrogen-bond donors (Lipinski definition) is 1. The second kappa shape index (κ2) is 4.94. The number of hydrogen-bond acceptors (Lipinski definition) is 6. The molecular weight excluding hydrogens is 395 g/mol. The Bertz CT molecular complexity index is 845. The quantitative estimate of drug-likeness (QED) is 0.654. The van der Waals surface area contributed by atoms with Gasteiger partial charge in [0, 0.05) is 3.57 Å². The van der Waals surface area contributed by atoms with E-state index in [4.69, 9.17) is 0 Å².